The smallest absolute Gasteiger partial charge is 0.352 e. The minimum Gasteiger partial charge on any atom is -0.477 e. The van der Waals surface area contributed by atoms with Crippen LogP contribution in [0.3, 0.4) is 0 Å². The fraction of sp³-hybridized carbons (Fsp3) is 0.381. The molecular weight excluding hydrogens is 468 g/mol. The molecule has 13 heteroatoms. The third-order valence-electron chi connectivity index (χ3n) is 5.29. The summed E-state index contributed by atoms with van der Waals surface area (Å²) in [5, 5.41) is 16.3. The number of esters is 1. The van der Waals surface area contributed by atoms with Gasteiger partial charge in [-0.05, 0) is 5.56 Å². The molecule has 3 rings (SSSR count). The third kappa shape index (κ3) is 4.56. The molecule has 1 unspecified atom stereocenters. The van der Waals surface area contributed by atoms with E-state index in [4.69, 9.17) is 9.47 Å². The van der Waals surface area contributed by atoms with Crippen molar-refractivity contribution in [1.29, 1.82) is 0 Å². The lowest BCUT2D eigenvalue weighted by atomic mass is 9.97. The monoisotopic (exact) mass is 492 g/mol. The fourth-order valence-corrected chi connectivity index (χ4v) is 5.07. The molecule has 0 saturated carbocycles. The summed E-state index contributed by atoms with van der Waals surface area (Å²) < 4.78 is 10.3. The molecule has 1 saturated heterocycles. The quantitative estimate of drug-likeness (QED) is 0.221. The van der Waals surface area contributed by atoms with Crippen molar-refractivity contribution in [2.75, 3.05) is 26.5 Å². The van der Waals surface area contributed by atoms with Gasteiger partial charge in [0, 0.05) is 32.4 Å². The second kappa shape index (κ2) is 10.1. The average Bonchev–Trinajstić information content (AvgIpc) is 2.83. The highest BCUT2D eigenvalue weighted by Gasteiger charge is 2.67. The lowest BCUT2D eigenvalue weighted by molar-refractivity contribution is -0.193. The minimum atomic E-state index is -1.85. The van der Waals surface area contributed by atoms with Gasteiger partial charge in [-0.2, -0.15) is 0 Å². The Labute approximate surface area is 199 Å². The number of urea groups is 1. The van der Waals surface area contributed by atoms with Crippen molar-refractivity contribution in [2.24, 2.45) is 0 Å². The van der Waals surface area contributed by atoms with Gasteiger partial charge in [0.05, 0.1) is 0 Å². The fourth-order valence-electron chi connectivity index (χ4n) is 3.65. The van der Waals surface area contributed by atoms with Gasteiger partial charge in [-0.3, -0.25) is 19.3 Å². The summed E-state index contributed by atoms with van der Waals surface area (Å²) in [6.07, 6.45) is 0. The Kier molecular flexibility index (Phi) is 7.47. The van der Waals surface area contributed by atoms with Crippen LogP contribution < -0.4 is 16.0 Å². The van der Waals surface area contributed by atoms with E-state index in [9.17, 15) is 29.1 Å². The Balaban J connectivity index is 1.89. The molecule has 1 fully saturated rings. The number of benzene rings is 1. The molecule has 3 atom stereocenters. The lowest BCUT2D eigenvalue weighted by Crippen LogP contribution is -2.81. The van der Waals surface area contributed by atoms with Gasteiger partial charge in [-0.1, -0.05) is 30.3 Å². The van der Waals surface area contributed by atoms with Gasteiger partial charge in [-0.25, -0.2) is 9.59 Å². The number of amides is 4. The summed E-state index contributed by atoms with van der Waals surface area (Å²) >= 11 is 1.15. The van der Waals surface area contributed by atoms with Crippen molar-refractivity contribution in [2.45, 2.75) is 24.1 Å². The zero-order chi connectivity index (χ0) is 25.0. The van der Waals surface area contributed by atoms with Crippen molar-refractivity contribution in [3.8, 4) is 0 Å². The van der Waals surface area contributed by atoms with E-state index in [1.807, 2.05) is 0 Å². The normalized spacial score (nSPS) is 22.1. The number of fused-ring (bicyclic) bond motifs is 1. The van der Waals surface area contributed by atoms with Crippen molar-refractivity contribution in [3.63, 3.8) is 0 Å². The Morgan fingerprint density at radius 3 is 2.50 bits per heavy atom. The van der Waals surface area contributed by atoms with Gasteiger partial charge in [-0.15, -0.1) is 11.8 Å². The van der Waals surface area contributed by atoms with E-state index in [2.05, 4.69) is 16.0 Å². The molecule has 12 nitrogen and oxygen atoms in total. The van der Waals surface area contributed by atoms with Crippen LogP contribution >= 0.6 is 11.8 Å². The van der Waals surface area contributed by atoms with Gasteiger partial charge in [0.15, 0.2) is 0 Å². The Bertz CT molecular complexity index is 1050. The number of β-lactam (4-membered cyclic amide) rings is 1. The predicted octanol–water partition coefficient (Wildman–Crippen LogP) is -0.0675. The SMILES string of the molecule is CNC(=O)NC(C(=O)N[C@]1(OC)C(=O)N2C(C(=O)O)=C(COC(C)=O)CS[C@H]21)c1ccccc1. The number of rotatable bonds is 8. The number of hydrogen-bond donors (Lipinski definition) is 4. The van der Waals surface area contributed by atoms with E-state index in [0.29, 0.717) is 5.56 Å². The Morgan fingerprint density at radius 1 is 1.26 bits per heavy atom. The highest BCUT2D eigenvalue weighted by Crippen LogP contribution is 2.46. The number of hydrogen-bond acceptors (Lipinski definition) is 8. The molecule has 2 aliphatic rings. The lowest BCUT2D eigenvalue weighted by Gasteiger charge is -2.56. The van der Waals surface area contributed by atoms with Gasteiger partial charge in [0.1, 0.15) is 23.7 Å². The second-order valence-electron chi connectivity index (χ2n) is 7.37. The maximum Gasteiger partial charge on any atom is 0.352 e. The van der Waals surface area contributed by atoms with Crippen LogP contribution in [0.15, 0.2) is 41.6 Å². The first-order chi connectivity index (χ1) is 16.2. The van der Waals surface area contributed by atoms with Crippen LogP contribution in [0.2, 0.25) is 0 Å². The summed E-state index contributed by atoms with van der Waals surface area (Å²) in [7, 11) is 2.61. The number of ether oxygens (including phenoxy) is 2. The molecule has 2 heterocycles. The molecule has 1 aromatic carbocycles. The zero-order valence-corrected chi connectivity index (χ0v) is 19.4. The van der Waals surface area contributed by atoms with E-state index in [1.54, 1.807) is 30.3 Å². The number of carboxylic acid groups (broad SMARTS) is 1. The van der Waals surface area contributed by atoms with E-state index in [0.717, 1.165) is 16.7 Å². The maximum atomic E-state index is 13.2. The first-order valence-corrected chi connectivity index (χ1v) is 11.2. The number of aliphatic carboxylic acids is 1. The summed E-state index contributed by atoms with van der Waals surface area (Å²) in [6, 6.07) is 6.62. The van der Waals surface area contributed by atoms with Crippen molar-refractivity contribution in [3.05, 3.63) is 47.2 Å². The number of carbonyl (C=O) groups is 5. The van der Waals surface area contributed by atoms with Crippen LogP contribution in [0, 0.1) is 0 Å². The Morgan fingerprint density at radius 2 is 1.94 bits per heavy atom. The van der Waals surface area contributed by atoms with Gasteiger partial charge in [0.2, 0.25) is 5.91 Å². The highest BCUT2D eigenvalue weighted by molar-refractivity contribution is 8.00. The van der Waals surface area contributed by atoms with Crippen LogP contribution in [0.5, 0.6) is 0 Å². The number of methoxy groups -OCH3 is 1. The Hall–Kier alpha value is -3.58. The molecule has 1 aromatic rings. The van der Waals surface area contributed by atoms with Crippen LogP contribution in [-0.4, -0.2) is 77.4 Å². The number of carbonyl (C=O) groups excluding carboxylic acids is 4. The molecule has 0 bridgehead atoms. The largest absolute Gasteiger partial charge is 0.477 e. The van der Waals surface area contributed by atoms with E-state index >= 15 is 0 Å². The molecule has 0 aliphatic carbocycles. The van der Waals surface area contributed by atoms with Crippen molar-refractivity contribution in [1.82, 2.24) is 20.9 Å². The predicted molar refractivity (Wildman–Crippen MR) is 119 cm³/mol. The maximum absolute atomic E-state index is 13.2. The molecule has 182 valence electrons. The number of nitrogens with zero attached hydrogens (tertiary/aromatic N) is 1. The van der Waals surface area contributed by atoms with E-state index in [-0.39, 0.29) is 23.6 Å². The molecular formula is C21H24N4O8S. The standard InChI is InChI=1S/C21H24N4O8S/c1-11(26)33-9-13-10-34-19-21(32-3,18(30)25(19)15(13)17(28)29)24-16(27)14(23-20(31)22-2)12-7-5-4-6-8-12/h4-8,14,19H,9-10H2,1-3H3,(H,24,27)(H,28,29)(H2,22,23,31)/t14?,19-,21-/m0/s1. The summed E-state index contributed by atoms with van der Waals surface area (Å²) in [6.45, 7) is 0.912. The molecule has 34 heavy (non-hydrogen) atoms. The molecule has 0 radical (unpaired) electrons. The van der Waals surface area contributed by atoms with E-state index in [1.165, 1.54) is 21.1 Å². The number of nitrogens with one attached hydrogen (secondary N) is 3. The van der Waals surface area contributed by atoms with Crippen LogP contribution in [-0.2, 0) is 28.7 Å². The zero-order valence-electron chi connectivity index (χ0n) is 18.6. The molecule has 0 aromatic heterocycles. The number of thioether (sulfide) groups is 1. The third-order valence-corrected chi connectivity index (χ3v) is 6.66. The average molecular weight is 493 g/mol. The summed E-state index contributed by atoms with van der Waals surface area (Å²) in [5.41, 5.74) is -1.46. The van der Waals surface area contributed by atoms with E-state index < -0.39 is 46.9 Å². The molecule has 2 aliphatic heterocycles. The number of carboxylic acids is 1. The topological polar surface area (TPSA) is 163 Å². The minimum absolute atomic E-state index is 0.128. The van der Waals surface area contributed by atoms with Crippen molar-refractivity contribution >= 4 is 41.5 Å². The van der Waals surface area contributed by atoms with Crippen LogP contribution in [0.1, 0.15) is 18.5 Å². The summed E-state index contributed by atoms with van der Waals surface area (Å²) in [5.74, 6) is -3.36. The van der Waals surface area contributed by atoms with Crippen molar-refractivity contribution < 1.29 is 38.6 Å². The first-order valence-electron chi connectivity index (χ1n) is 10.1. The second-order valence-corrected chi connectivity index (χ2v) is 8.44. The van der Waals surface area contributed by atoms with Crippen LogP contribution in [0.25, 0.3) is 0 Å². The van der Waals surface area contributed by atoms with Gasteiger partial charge < -0.3 is 30.5 Å². The molecule has 4 N–H and O–H groups in total. The van der Waals surface area contributed by atoms with Gasteiger partial charge in [0.25, 0.3) is 11.6 Å². The summed E-state index contributed by atoms with van der Waals surface area (Å²) in [4.78, 5) is 62.5. The van der Waals surface area contributed by atoms with Gasteiger partial charge >= 0.3 is 18.0 Å². The molecule has 4 amide bonds. The molecule has 0 spiro atoms. The first kappa shape index (κ1) is 25.1. The highest BCUT2D eigenvalue weighted by atomic mass is 32.2. The van der Waals surface area contributed by atoms with Crippen LogP contribution in [0.4, 0.5) is 4.79 Å².